The Labute approximate surface area is 115 Å². The van der Waals surface area contributed by atoms with Gasteiger partial charge in [0, 0.05) is 29.6 Å². The summed E-state index contributed by atoms with van der Waals surface area (Å²) in [6.07, 6.45) is 0.250. The fraction of sp³-hybridized carbons (Fsp3) is 0.500. The van der Waals surface area contributed by atoms with Gasteiger partial charge in [-0.1, -0.05) is 14.9 Å². The van der Waals surface area contributed by atoms with Gasteiger partial charge in [-0.05, 0) is 0 Å². The van der Waals surface area contributed by atoms with E-state index in [-0.39, 0.29) is 92.1 Å². The van der Waals surface area contributed by atoms with Gasteiger partial charge in [-0.15, -0.1) is 0 Å². The van der Waals surface area contributed by atoms with Crippen LogP contribution in [0.25, 0.3) is 0 Å². The van der Waals surface area contributed by atoms with E-state index in [1.165, 1.54) is 0 Å². The minimum Gasteiger partial charge on any atom is -0.662 e. The van der Waals surface area contributed by atoms with E-state index in [2.05, 4.69) is 4.89 Å². The van der Waals surface area contributed by atoms with E-state index < -0.39 is 0 Å². The van der Waals surface area contributed by atoms with Crippen molar-refractivity contribution in [2.45, 2.75) is 14.9 Å². The molecule has 0 aliphatic rings. The third kappa shape index (κ3) is 328. The summed E-state index contributed by atoms with van der Waals surface area (Å²) in [5.74, 6) is 0. The van der Waals surface area contributed by atoms with Crippen molar-refractivity contribution in [2.75, 3.05) is 0 Å². The molecule has 0 aromatic carbocycles. The molecule has 0 fully saturated rings. The van der Waals surface area contributed by atoms with Gasteiger partial charge in [0.05, 0.1) is 0 Å². The second-order valence-corrected chi connectivity index (χ2v) is 0.276. The minimum atomic E-state index is -0.181. The van der Waals surface area contributed by atoms with Crippen molar-refractivity contribution in [3.8, 4) is 0 Å². The summed E-state index contributed by atoms with van der Waals surface area (Å²) in [5, 5.41) is 8.43. The van der Waals surface area contributed by atoms with E-state index in [1.807, 2.05) is 0 Å². The van der Waals surface area contributed by atoms with Crippen molar-refractivity contribution in [3.05, 3.63) is 0 Å². The first-order valence-electron chi connectivity index (χ1n) is 1.05. The quantitative estimate of drug-likeness (QED) is 0.182. The number of rotatable bonds is 1. The van der Waals surface area contributed by atoms with E-state index in [4.69, 9.17) is 19.6 Å². The maximum Gasteiger partial charge on any atom is 1.00 e. The summed E-state index contributed by atoms with van der Waals surface area (Å²) in [4.78, 5) is 27.5. The van der Waals surface area contributed by atoms with Crippen LogP contribution in [0.4, 0.5) is 0 Å². The van der Waals surface area contributed by atoms with Crippen molar-refractivity contribution >= 4 is 42.2 Å². The summed E-state index contributed by atoms with van der Waals surface area (Å²) in [5.41, 5.74) is 0. The van der Waals surface area contributed by atoms with Gasteiger partial charge in [-0.25, -0.2) is 0 Å². The number of hydrogen-bond acceptors (Lipinski definition) is 5. The topological polar surface area (TPSA) is 115 Å². The molecule has 0 unspecified atom stereocenters. The van der Waals surface area contributed by atoms with E-state index in [0.29, 0.717) is 0 Å². The Kier molecular flexibility index (Phi) is 425. The summed E-state index contributed by atoms with van der Waals surface area (Å²) < 4.78 is 0. The average molecular weight is 201 g/mol. The first kappa shape index (κ1) is 53.1. The number of hydrogen-bond donors (Lipinski definition) is 0. The van der Waals surface area contributed by atoms with Crippen LogP contribution in [0.2, 0.25) is 0 Å². The van der Waals surface area contributed by atoms with Gasteiger partial charge in [0.1, 0.15) is 0 Å². The Balaban J connectivity index is -0.00000000597. The molecule has 0 aliphatic heterocycles. The zero-order valence-corrected chi connectivity index (χ0v) is 9.62. The molecule has 0 bridgehead atoms. The SMILES string of the molecule is C.C.O.O=C=O.O=CO[O-].[Na+].[Na]. The molecule has 65 valence electrons. The van der Waals surface area contributed by atoms with Gasteiger partial charge in [-0.2, -0.15) is 9.59 Å². The molecular weight excluding hydrogens is 190 g/mol. The van der Waals surface area contributed by atoms with Gasteiger partial charge in [0.25, 0.3) is 6.47 Å². The molecule has 0 atom stereocenters. The largest absolute Gasteiger partial charge is 1.00 e. The van der Waals surface area contributed by atoms with Crippen molar-refractivity contribution in [3.63, 3.8) is 0 Å². The summed E-state index contributed by atoms with van der Waals surface area (Å²) in [6, 6.07) is 0. The molecule has 0 saturated carbocycles. The van der Waals surface area contributed by atoms with Gasteiger partial charge in [-0.3, -0.25) is 4.79 Å². The molecule has 0 saturated heterocycles. The average Bonchev–Trinajstić information content (AvgIpc) is 1.69. The second-order valence-electron chi connectivity index (χ2n) is 0.276. The molecule has 8 heteroatoms. The normalized spacial score (nSPS) is 2.42. The smallest absolute Gasteiger partial charge is 0.662 e. The molecule has 0 spiro atoms. The molecule has 2 N–H and O–H groups in total. The Morgan fingerprint density at radius 1 is 1.25 bits per heavy atom. The van der Waals surface area contributed by atoms with Gasteiger partial charge >= 0.3 is 35.7 Å². The predicted octanol–water partition coefficient (Wildman–Crippen LogP) is -5.08. The number of carbonyl (C=O) groups is 1. The molecule has 0 amide bonds. The third-order valence-corrected chi connectivity index (χ3v) is 0.0393. The maximum atomic E-state index is 8.64. The van der Waals surface area contributed by atoms with Crippen LogP contribution in [-0.4, -0.2) is 47.7 Å². The van der Waals surface area contributed by atoms with Gasteiger partial charge in [0.2, 0.25) is 0 Å². The number of carbonyl (C=O) groups excluding carboxylic acids is 3. The Hall–Kier alpha value is 0.770. The zero-order valence-electron chi connectivity index (χ0n) is 5.62. The van der Waals surface area contributed by atoms with E-state index in [1.54, 1.807) is 0 Å². The predicted molar refractivity (Wildman–Crippen MR) is 35.0 cm³/mol. The van der Waals surface area contributed by atoms with Crippen LogP contribution >= 0.6 is 0 Å². The van der Waals surface area contributed by atoms with Crippen molar-refractivity contribution < 1.29 is 59.6 Å². The molecule has 1 radical (unpaired) electrons. The summed E-state index contributed by atoms with van der Waals surface area (Å²) in [6.45, 7) is -0.181. The Morgan fingerprint density at radius 3 is 1.33 bits per heavy atom. The Bertz CT molecular complexity index is 71.9. The van der Waals surface area contributed by atoms with E-state index >= 15 is 0 Å². The standard InChI is InChI=1S/CH2O3.CO2.2CH4.2Na.H2O/c2-1-4-3;2-1-3;;;;;/h1,3H;;2*1H4;;;1H2/q;;;;;+1;/p-1. The molecule has 0 rings (SSSR count). The molecule has 0 aliphatic carbocycles. The van der Waals surface area contributed by atoms with Gasteiger partial charge < -0.3 is 15.6 Å². The first-order valence-corrected chi connectivity index (χ1v) is 1.05. The molecule has 0 heterocycles. The molecule has 12 heavy (non-hydrogen) atoms. The zero-order chi connectivity index (χ0) is 6.12. The maximum absolute atomic E-state index is 8.64. The van der Waals surface area contributed by atoms with Crippen LogP contribution in [0.15, 0.2) is 0 Å². The molecule has 6 nitrogen and oxygen atoms in total. The fourth-order valence-electron chi connectivity index (χ4n) is 0. The van der Waals surface area contributed by atoms with Crippen LogP contribution in [0.5, 0.6) is 0 Å². The van der Waals surface area contributed by atoms with Crippen molar-refractivity contribution in [2.24, 2.45) is 0 Å². The molecule has 0 aromatic rings. The van der Waals surface area contributed by atoms with Gasteiger partial charge in [0.15, 0.2) is 0 Å². The van der Waals surface area contributed by atoms with E-state index in [0.717, 1.165) is 0 Å². The van der Waals surface area contributed by atoms with Crippen molar-refractivity contribution in [1.82, 2.24) is 0 Å². The van der Waals surface area contributed by atoms with Crippen LogP contribution in [-0.2, 0) is 19.3 Å². The van der Waals surface area contributed by atoms with Crippen LogP contribution in [0.1, 0.15) is 14.9 Å². The van der Waals surface area contributed by atoms with Crippen molar-refractivity contribution in [1.29, 1.82) is 0 Å². The van der Waals surface area contributed by atoms with Crippen LogP contribution in [0.3, 0.4) is 0 Å². The third-order valence-electron chi connectivity index (χ3n) is 0.0393. The molecular formula is C4H11Na2O6. The van der Waals surface area contributed by atoms with E-state index in [9.17, 15) is 0 Å². The second kappa shape index (κ2) is 96.1. The molecule has 0 aromatic heterocycles. The van der Waals surface area contributed by atoms with Crippen LogP contribution < -0.4 is 34.8 Å². The Morgan fingerprint density at radius 2 is 1.33 bits per heavy atom. The van der Waals surface area contributed by atoms with Crippen LogP contribution in [0, 0.1) is 0 Å². The fourth-order valence-corrected chi connectivity index (χ4v) is 0. The summed E-state index contributed by atoms with van der Waals surface area (Å²) in [7, 11) is 0. The minimum absolute atomic E-state index is 0. The first-order chi connectivity index (χ1) is 3.33. The monoisotopic (exact) mass is 201 g/mol. The summed E-state index contributed by atoms with van der Waals surface area (Å²) >= 11 is 0.